The van der Waals surface area contributed by atoms with Crippen molar-refractivity contribution in [3.05, 3.63) is 65.7 Å². The highest BCUT2D eigenvalue weighted by Gasteiger charge is 2.29. The third kappa shape index (κ3) is 4.03. The molecule has 0 bridgehead atoms. The monoisotopic (exact) mass is 363 g/mol. The summed E-state index contributed by atoms with van der Waals surface area (Å²) in [5.74, 6) is 0.239. The van der Waals surface area contributed by atoms with E-state index in [0.29, 0.717) is 13.0 Å². The fourth-order valence-electron chi connectivity index (χ4n) is 3.93. The van der Waals surface area contributed by atoms with Crippen LogP contribution < -0.4 is 15.5 Å². The predicted molar refractivity (Wildman–Crippen MR) is 105 cm³/mol. The molecule has 2 aliphatic rings. The van der Waals surface area contributed by atoms with E-state index in [-0.39, 0.29) is 23.9 Å². The van der Waals surface area contributed by atoms with Gasteiger partial charge in [-0.1, -0.05) is 42.5 Å². The lowest BCUT2D eigenvalue weighted by molar-refractivity contribution is -0.123. The van der Waals surface area contributed by atoms with Crippen molar-refractivity contribution in [1.29, 1.82) is 0 Å². The van der Waals surface area contributed by atoms with Gasteiger partial charge in [0.2, 0.25) is 11.8 Å². The fourth-order valence-corrected chi connectivity index (χ4v) is 3.93. The molecule has 5 heteroatoms. The molecule has 0 saturated carbocycles. The molecule has 0 spiro atoms. The Morgan fingerprint density at radius 3 is 2.56 bits per heavy atom. The average molecular weight is 363 g/mol. The zero-order valence-electron chi connectivity index (χ0n) is 15.4. The highest BCUT2D eigenvalue weighted by atomic mass is 16.2. The Kier molecular flexibility index (Phi) is 5.21. The maximum absolute atomic E-state index is 12.5. The quantitative estimate of drug-likeness (QED) is 0.859. The van der Waals surface area contributed by atoms with Gasteiger partial charge in [-0.25, -0.2) is 0 Å². The molecule has 4 rings (SSSR count). The van der Waals surface area contributed by atoms with Gasteiger partial charge in [0, 0.05) is 31.2 Å². The molecule has 2 atom stereocenters. The maximum atomic E-state index is 12.5. The van der Waals surface area contributed by atoms with E-state index in [1.165, 1.54) is 5.56 Å². The summed E-state index contributed by atoms with van der Waals surface area (Å²) in [7, 11) is 0. The number of carbonyl (C=O) groups is 2. The number of benzene rings is 2. The van der Waals surface area contributed by atoms with Gasteiger partial charge < -0.3 is 10.2 Å². The minimum atomic E-state index is -0.142. The van der Waals surface area contributed by atoms with Crippen molar-refractivity contribution in [3.63, 3.8) is 0 Å². The Labute approximate surface area is 159 Å². The maximum Gasteiger partial charge on any atom is 0.237 e. The van der Waals surface area contributed by atoms with Crippen LogP contribution in [0.3, 0.4) is 0 Å². The van der Waals surface area contributed by atoms with Crippen molar-refractivity contribution in [2.45, 2.75) is 44.3 Å². The largest absolute Gasteiger partial charge is 0.351 e. The number of carbonyl (C=O) groups excluding carboxylic acids is 2. The molecule has 27 heavy (non-hydrogen) atoms. The molecule has 2 aromatic rings. The third-order valence-electron chi connectivity index (χ3n) is 5.45. The van der Waals surface area contributed by atoms with Crippen molar-refractivity contribution >= 4 is 17.5 Å². The molecular weight excluding hydrogens is 338 g/mol. The van der Waals surface area contributed by atoms with Crippen LogP contribution in [0, 0.1) is 0 Å². The zero-order chi connectivity index (χ0) is 18.6. The molecule has 2 saturated heterocycles. The summed E-state index contributed by atoms with van der Waals surface area (Å²) in [5, 5.41) is 6.47. The second-order valence-corrected chi connectivity index (χ2v) is 7.29. The molecule has 2 amide bonds. The number of hydrogen-bond acceptors (Lipinski definition) is 3. The summed E-state index contributed by atoms with van der Waals surface area (Å²) in [5.41, 5.74) is 3.21. The van der Waals surface area contributed by atoms with Crippen molar-refractivity contribution in [3.8, 4) is 0 Å². The summed E-state index contributed by atoms with van der Waals surface area (Å²) in [4.78, 5) is 26.1. The highest BCUT2D eigenvalue weighted by Crippen LogP contribution is 2.26. The summed E-state index contributed by atoms with van der Waals surface area (Å²) < 4.78 is 0. The van der Waals surface area contributed by atoms with Crippen LogP contribution in [0.2, 0.25) is 0 Å². The number of nitrogens with one attached hydrogen (secondary N) is 2. The predicted octanol–water partition coefficient (Wildman–Crippen LogP) is 2.92. The number of hydrogen-bond donors (Lipinski definition) is 2. The number of rotatable bonds is 5. The molecule has 2 aliphatic heterocycles. The molecule has 0 unspecified atom stereocenters. The van der Waals surface area contributed by atoms with Crippen LogP contribution in [0.25, 0.3) is 0 Å². The molecule has 5 nitrogen and oxygen atoms in total. The second-order valence-electron chi connectivity index (χ2n) is 7.29. The lowest BCUT2D eigenvalue weighted by atomic mass is 10.1. The normalized spacial score (nSPS) is 22.2. The summed E-state index contributed by atoms with van der Waals surface area (Å²) in [6.07, 6.45) is 3.38. The SMILES string of the molecule is O=C(NCc1ccc(N2CCCC2=O)cc1)[C@H]1CC[C@H](c2ccccc2)N1. The van der Waals surface area contributed by atoms with E-state index in [1.54, 1.807) is 0 Å². The summed E-state index contributed by atoms with van der Waals surface area (Å²) in [6, 6.07) is 18.3. The lowest BCUT2D eigenvalue weighted by Crippen LogP contribution is -2.40. The van der Waals surface area contributed by atoms with Crippen LogP contribution in [0.4, 0.5) is 5.69 Å². The lowest BCUT2D eigenvalue weighted by Gasteiger charge is -2.17. The topological polar surface area (TPSA) is 61.4 Å². The average Bonchev–Trinajstić information content (AvgIpc) is 3.37. The van der Waals surface area contributed by atoms with E-state index in [0.717, 1.165) is 37.1 Å². The Morgan fingerprint density at radius 1 is 1.07 bits per heavy atom. The number of nitrogens with zero attached hydrogens (tertiary/aromatic N) is 1. The van der Waals surface area contributed by atoms with Gasteiger partial charge in [0.15, 0.2) is 0 Å². The van der Waals surface area contributed by atoms with E-state index in [2.05, 4.69) is 22.8 Å². The molecule has 2 aromatic carbocycles. The van der Waals surface area contributed by atoms with E-state index in [9.17, 15) is 9.59 Å². The standard InChI is InChI=1S/C22H25N3O2/c26-21-7-4-14-25(21)18-10-8-16(9-11-18)15-23-22(27)20-13-12-19(24-20)17-5-2-1-3-6-17/h1-3,5-6,8-11,19-20,24H,4,7,12-15H2,(H,23,27)/t19-,20-/m1/s1. The third-order valence-corrected chi connectivity index (χ3v) is 5.45. The molecule has 2 N–H and O–H groups in total. The van der Waals surface area contributed by atoms with Crippen molar-refractivity contribution in [2.75, 3.05) is 11.4 Å². The van der Waals surface area contributed by atoms with E-state index >= 15 is 0 Å². The number of amides is 2. The van der Waals surface area contributed by atoms with Gasteiger partial charge in [-0.15, -0.1) is 0 Å². The molecule has 140 valence electrons. The minimum Gasteiger partial charge on any atom is -0.351 e. The van der Waals surface area contributed by atoms with Crippen LogP contribution >= 0.6 is 0 Å². The Hall–Kier alpha value is -2.66. The molecule has 0 aromatic heterocycles. The van der Waals surface area contributed by atoms with E-state index < -0.39 is 0 Å². The smallest absolute Gasteiger partial charge is 0.237 e. The summed E-state index contributed by atoms with van der Waals surface area (Å²) in [6.45, 7) is 1.30. The molecule has 2 heterocycles. The van der Waals surface area contributed by atoms with Gasteiger partial charge in [0.05, 0.1) is 6.04 Å². The van der Waals surface area contributed by atoms with E-state index in [4.69, 9.17) is 0 Å². The molecule has 0 aliphatic carbocycles. The molecule has 0 radical (unpaired) electrons. The van der Waals surface area contributed by atoms with Crippen LogP contribution in [0.15, 0.2) is 54.6 Å². The Bertz CT molecular complexity index is 804. The van der Waals surface area contributed by atoms with Crippen molar-refractivity contribution < 1.29 is 9.59 Å². The van der Waals surface area contributed by atoms with Crippen LogP contribution in [-0.2, 0) is 16.1 Å². The minimum absolute atomic E-state index is 0.0484. The van der Waals surface area contributed by atoms with Crippen molar-refractivity contribution in [2.24, 2.45) is 0 Å². The molecular formula is C22H25N3O2. The fraction of sp³-hybridized carbons (Fsp3) is 0.364. The first-order chi connectivity index (χ1) is 13.2. The summed E-state index contributed by atoms with van der Waals surface area (Å²) >= 11 is 0. The highest BCUT2D eigenvalue weighted by molar-refractivity contribution is 5.95. The van der Waals surface area contributed by atoms with Gasteiger partial charge in [-0.2, -0.15) is 0 Å². The number of anilines is 1. The molecule has 2 fully saturated rings. The van der Waals surface area contributed by atoms with Gasteiger partial charge >= 0.3 is 0 Å². The first-order valence-corrected chi connectivity index (χ1v) is 9.69. The van der Waals surface area contributed by atoms with Crippen LogP contribution in [0.5, 0.6) is 0 Å². The van der Waals surface area contributed by atoms with E-state index in [1.807, 2.05) is 47.4 Å². The van der Waals surface area contributed by atoms with Crippen LogP contribution in [0.1, 0.15) is 42.9 Å². The van der Waals surface area contributed by atoms with Gasteiger partial charge in [0.25, 0.3) is 0 Å². The Morgan fingerprint density at radius 2 is 1.85 bits per heavy atom. The van der Waals surface area contributed by atoms with Crippen LogP contribution in [-0.4, -0.2) is 24.4 Å². The second kappa shape index (κ2) is 7.92. The zero-order valence-corrected chi connectivity index (χ0v) is 15.4. The Balaban J connectivity index is 1.29. The van der Waals surface area contributed by atoms with Gasteiger partial charge in [-0.3, -0.25) is 14.9 Å². The van der Waals surface area contributed by atoms with Crippen molar-refractivity contribution in [1.82, 2.24) is 10.6 Å². The first kappa shape index (κ1) is 17.7. The van der Waals surface area contributed by atoms with Gasteiger partial charge in [-0.05, 0) is 42.5 Å². The van der Waals surface area contributed by atoms with Gasteiger partial charge in [0.1, 0.15) is 0 Å². The first-order valence-electron chi connectivity index (χ1n) is 9.69.